The molecule has 2 saturated carbocycles. The van der Waals surface area contributed by atoms with E-state index in [1.54, 1.807) is 0 Å². The highest BCUT2D eigenvalue weighted by molar-refractivity contribution is 5.85. The number of benzene rings is 2. The van der Waals surface area contributed by atoms with Gasteiger partial charge in [-0.3, -0.25) is 9.80 Å². The summed E-state index contributed by atoms with van der Waals surface area (Å²) in [5.41, 5.74) is 1.49. The van der Waals surface area contributed by atoms with Gasteiger partial charge in [0, 0.05) is 38.8 Å². The van der Waals surface area contributed by atoms with Crippen molar-refractivity contribution in [2.75, 3.05) is 26.2 Å². The molecular weight excluding hydrogens is 292 g/mol. The molecule has 0 aromatic heterocycles. The molecule has 3 atom stereocenters. The quantitative estimate of drug-likeness (QED) is 0.838. The predicted octanol–water partition coefficient (Wildman–Crippen LogP) is 4.15. The second-order valence-electron chi connectivity index (χ2n) is 8.19. The minimum absolute atomic E-state index is 0.920. The van der Waals surface area contributed by atoms with Crippen LogP contribution in [0.1, 0.15) is 31.2 Å². The van der Waals surface area contributed by atoms with E-state index in [2.05, 4.69) is 52.3 Å². The average Bonchev–Trinajstić information content (AvgIpc) is 3.26. The van der Waals surface area contributed by atoms with Gasteiger partial charge in [-0.15, -0.1) is 0 Å². The normalized spacial score (nSPS) is 31.1. The lowest BCUT2D eigenvalue weighted by Gasteiger charge is -2.41. The van der Waals surface area contributed by atoms with E-state index in [1.165, 1.54) is 68.2 Å². The Morgan fingerprint density at radius 3 is 2.46 bits per heavy atom. The van der Waals surface area contributed by atoms with Crippen LogP contribution in [-0.4, -0.2) is 42.0 Å². The summed E-state index contributed by atoms with van der Waals surface area (Å²) in [7, 11) is 0. The van der Waals surface area contributed by atoms with E-state index in [1.807, 2.05) is 0 Å². The van der Waals surface area contributed by atoms with E-state index in [0.717, 1.165) is 24.4 Å². The Labute approximate surface area is 145 Å². The first kappa shape index (κ1) is 14.9. The largest absolute Gasteiger partial charge is 0.298 e. The number of fused-ring (bicyclic) bond motifs is 3. The smallest absolute Gasteiger partial charge is 0.0240 e. The molecule has 3 aliphatic rings. The molecule has 2 nitrogen and oxygen atoms in total. The summed E-state index contributed by atoms with van der Waals surface area (Å²) in [5.74, 6) is 2.09. The molecule has 1 saturated heterocycles. The lowest BCUT2D eigenvalue weighted by atomic mass is 9.93. The van der Waals surface area contributed by atoms with Crippen molar-refractivity contribution in [1.82, 2.24) is 9.80 Å². The van der Waals surface area contributed by atoms with Crippen LogP contribution in [0, 0.1) is 11.8 Å². The molecule has 2 aromatic rings. The second-order valence-corrected chi connectivity index (χ2v) is 8.19. The van der Waals surface area contributed by atoms with Crippen LogP contribution >= 0.6 is 0 Å². The molecule has 5 rings (SSSR count). The summed E-state index contributed by atoms with van der Waals surface area (Å²) in [6.07, 6.45) is 6.04. The first-order valence-electron chi connectivity index (χ1n) is 9.80. The van der Waals surface area contributed by atoms with Gasteiger partial charge in [0.2, 0.25) is 0 Å². The van der Waals surface area contributed by atoms with Crippen molar-refractivity contribution in [3.05, 3.63) is 48.0 Å². The van der Waals surface area contributed by atoms with Gasteiger partial charge in [-0.1, -0.05) is 48.9 Å². The standard InChI is InChI=1S/C22H28N2/c1-2-7-21-18(4-1)5-3-6-20(21)16-23-10-12-24(13-11-23)22-15-17-8-9-19(22)14-17/h1-7,17,19,22H,8-16H2. The van der Waals surface area contributed by atoms with E-state index in [9.17, 15) is 0 Å². The Kier molecular flexibility index (Phi) is 3.83. The van der Waals surface area contributed by atoms with Crippen LogP contribution in [-0.2, 0) is 6.54 Å². The molecule has 3 fully saturated rings. The van der Waals surface area contributed by atoms with Crippen LogP contribution in [0.3, 0.4) is 0 Å². The molecule has 1 aliphatic heterocycles. The first-order chi connectivity index (χ1) is 11.9. The zero-order chi connectivity index (χ0) is 15.9. The van der Waals surface area contributed by atoms with E-state index >= 15 is 0 Å². The summed E-state index contributed by atoms with van der Waals surface area (Å²) in [5, 5.41) is 2.80. The van der Waals surface area contributed by atoms with Crippen LogP contribution in [0.2, 0.25) is 0 Å². The monoisotopic (exact) mass is 320 g/mol. The molecule has 2 bridgehead atoms. The highest BCUT2D eigenvalue weighted by Gasteiger charge is 2.42. The molecule has 0 radical (unpaired) electrons. The fourth-order valence-corrected chi connectivity index (χ4v) is 5.58. The lowest BCUT2D eigenvalue weighted by molar-refractivity contribution is 0.0681. The SMILES string of the molecule is c1ccc2c(CN3CCN(C4CC5CCC4C5)CC3)cccc2c1. The number of rotatable bonds is 3. The molecular formula is C22H28N2. The van der Waals surface area contributed by atoms with Gasteiger partial charge < -0.3 is 0 Å². The van der Waals surface area contributed by atoms with Gasteiger partial charge in [-0.05, 0) is 47.4 Å². The summed E-state index contributed by atoms with van der Waals surface area (Å²) in [4.78, 5) is 5.48. The van der Waals surface area contributed by atoms with Crippen LogP contribution in [0.25, 0.3) is 10.8 Å². The van der Waals surface area contributed by atoms with Crippen molar-refractivity contribution in [1.29, 1.82) is 0 Å². The topological polar surface area (TPSA) is 6.48 Å². The highest BCUT2D eigenvalue weighted by Crippen LogP contribution is 2.46. The lowest BCUT2D eigenvalue weighted by Crippen LogP contribution is -2.51. The maximum absolute atomic E-state index is 2.82. The van der Waals surface area contributed by atoms with Crippen LogP contribution in [0.15, 0.2) is 42.5 Å². The first-order valence-corrected chi connectivity index (χ1v) is 9.80. The highest BCUT2D eigenvalue weighted by atomic mass is 15.3. The van der Waals surface area contributed by atoms with Gasteiger partial charge in [0.05, 0.1) is 0 Å². The number of nitrogens with zero attached hydrogens (tertiary/aromatic N) is 2. The zero-order valence-corrected chi connectivity index (χ0v) is 14.5. The molecule has 0 amide bonds. The van der Waals surface area contributed by atoms with Gasteiger partial charge in [0.25, 0.3) is 0 Å². The molecule has 2 aliphatic carbocycles. The minimum atomic E-state index is 0.920. The fraction of sp³-hybridized carbons (Fsp3) is 0.545. The fourth-order valence-electron chi connectivity index (χ4n) is 5.58. The molecule has 24 heavy (non-hydrogen) atoms. The summed E-state index contributed by atoms with van der Waals surface area (Å²) in [6, 6.07) is 16.5. The number of hydrogen-bond acceptors (Lipinski definition) is 2. The number of piperazine rings is 1. The van der Waals surface area contributed by atoms with Crippen molar-refractivity contribution >= 4 is 10.8 Å². The Morgan fingerprint density at radius 2 is 1.67 bits per heavy atom. The Hall–Kier alpha value is -1.38. The third-order valence-corrected chi connectivity index (χ3v) is 6.85. The maximum Gasteiger partial charge on any atom is 0.0240 e. The van der Waals surface area contributed by atoms with Gasteiger partial charge in [-0.2, -0.15) is 0 Å². The molecule has 3 unspecified atom stereocenters. The summed E-state index contributed by atoms with van der Waals surface area (Å²) < 4.78 is 0. The van der Waals surface area contributed by atoms with E-state index in [0.29, 0.717) is 0 Å². The molecule has 0 spiro atoms. The van der Waals surface area contributed by atoms with Crippen molar-refractivity contribution in [3.63, 3.8) is 0 Å². The van der Waals surface area contributed by atoms with Gasteiger partial charge in [0.1, 0.15) is 0 Å². The molecule has 0 N–H and O–H groups in total. The number of hydrogen-bond donors (Lipinski definition) is 0. The van der Waals surface area contributed by atoms with E-state index < -0.39 is 0 Å². The van der Waals surface area contributed by atoms with E-state index in [-0.39, 0.29) is 0 Å². The molecule has 1 heterocycles. The van der Waals surface area contributed by atoms with Crippen LogP contribution in [0.4, 0.5) is 0 Å². The predicted molar refractivity (Wildman–Crippen MR) is 100 cm³/mol. The third kappa shape index (κ3) is 2.66. The van der Waals surface area contributed by atoms with Gasteiger partial charge in [0.15, 0.2) is 0 Å². The minimum Gasteiger partial charge on any atom is -0.298 e. The zero-order valence-electron chi connectivity index (χ0n) is 14.5. The van der Waals surface area contributed by atoms with Gasteiger partial charge >= 0.3 is 0 Å². The summed E-state index contributed by atoms with van der Waals surface area (Å²) in [6.45, 7) is 6.12. The van der Waals surface area contributed by atoms with Crippen molar-refractivity contribution in [2.24, 2.45) is 11.8 Å². The molecule has 2 aromatic carbocycles. The van der Waals surface area contributed by atoms with Crippen molar-refractivity contribution < 1.29 is 0 Å². The van der Waals surface area contributed by atoms with Crippen molar-refractivity contribution in [2.45, 2.75) is 38.3 Å². The van der Waals surface area contributed by atoms with Gasteiger partial charge in [-0.25, -0.2) is 0 Å². The van der Waals surface area contributed by atoms with Crippen LogP contribution in [0.5, 0.6) is 0 Å². The van der Waals surface area contributed by atoms with E-state index in [4.69, 9.17) is 0 Å². The molecule has 126 valence electrons. The second kappa shape index (κ2) is 6.16. The Bertz CT molecular complexity index is 711. The maximum atomic E-state index is 2.82. The Morgan fingerprint density at radius 1 is 0.833 bits per heavy atom. The molecule has 2 heteroatoms. The van der Waals surface area contributed by atoms with Crippen LogP contribution < -0.4 is 0 Å². The summed E-state index contributed by atoms with van der Waals surface area (Å²) >= 11 is 0. The van der Waals surface area contributed by atoms with Crippen molar-refractivity contribution in [3.8, 4) is 0 Å². The Balaban J connectivity index is 1.24. The third-order valence-electron chi connectivity index (χ3n) is 6.85. The average molecular weight is 320 g/mol.